The molecule has 0 bridgehead atoms. The van der Waals surface area contributed by atoms with Gasteiger partial charge in [0, 0.05) is 26.6 Å². The number of ether oxygens (including phenoxy) is 2. The van der Waals surface area contributed by atoms with Gasteiger partial charge in [0.1, 0.15) is 5.75 Å². The average Bonchev–Trinajstić information content (AvgIpc) is 2.66. The van der Waals surface area contributed by atoms with Gasteiger partial charge < -0.3 is 20.1 Å². The third-order valence-corrected chi connectivity index (χ3v) is 4.25. The van der Waals surface area contributed by atoms with Crippen LogP contribution in [0.25, 0.3) is 0 Å². The molecule has 0 aliphatic carbocycles. The number of unbranched alkanes of at least 4 members (excludes halogenated alkanes) is 3. The van der Waals surface area contributed by atoms with Crippen LogP contribution in [-0.2, 0) is 16.0 Å². The number of aryl methyl sites for hydroxylation is 1. The summed E-state index contributed by atoms with van der Waals surface area (Å²) in [5.41, 5.74) is 2.43. The predicted molar refractivity (Wildman–Crippen MR) is 111 cm³/mol. The Morgan fingerprint density at radius 3 is 2.56 bits per heavy atom. The lowest BCUT2D eigenvalue weighted by Gasteiger charge is -2.13. The Kier molecular flexibility index (Phi) is 11.7. The highest BCUT2D eigenvalue weighted by Gasteiger charge is 2.04. The summed E-state index contributed by atoms with van der Waals surface area (Å²) >= 11 is 0. The molecule has 152 valence electrons. The zero-order chi connectivity index (χ0) is 19.9. The summed E-state index contributed by atoms with van der Waals surface area (Å²) in [4.78, 5) is 15.5. The lowest BCUT2D eigenvalue weighted by atomic mass is 10.1. The number of hydrogen-bond acceptors (Lipinski definition) is 4. The van der Waals surface area contributed by atoms with Gasteiger partial charge in [0.15, 0.2) is 5.96 Å². The van der Waals surface area contributed by atoms with Gasteiger partial charge in [-0.05, 0) is 44.7 Å². The molecule has 6 nitrogen and oxygen atoms in total. The van der Waals surface area contributed by atoms with Crippen LogP contribution in [0.15, 0.2) is 23.2 Å². The summed E-state index contributed by atoms with van der Waals surface area (Å²) in [7, 11) is 3.48. The van der Waals surface area contributed by atoms with E-state index in [1.165, 1.54) is 11.1 Å². The van der Waals surface area contributed by atoms with E-state index in [1.807, 2.05) is 13.0 Å². The van der Waals surface area contributed by atoms with Gasteiger partial charge >= 0.3 is 5.97 Å². The third kappa shape index (κ3) is 9.87. The number of esters is 1. The Balaban J connectivity index is 2.17. The molecule has 0 fully saturated rings. The summed E-state index contributed by atoms with van der Waals surface area (Å²) in [6.07, 6.45) is 5.47. The Hall–Kier alpha value is -2.24. The van der Waals surface area contributed by atoms with Crippen molar-refractivity contribution in [3.05, 3.63) is 29.3 Å². The summed E-state index contributed by atoms with van der Waals surface area (Å²) in [6, 6.07) is 6.23. The Morgan fingerprint density at radius 1 is 1.11 bits per heavy atom. The zero-order valence-electron chi connectivity index (χ0n) is 17.3. The molecule has 0 saturated carbocycles. The first-order valence-electron chi connectivity index (χ1n) is 9.84. The molecule has 0 aromatic heterocycles. The second-order valence-electron chi connectivity index (χ2n) is 6.46. The van der Waals surface area contributed by atoms with E-state index in [-0.39, 0.29) is 5.97 Å². The average molecular weight is 378 g/mol. The van der Waals surface area contributed by atoms with Crippen LogP contribution < -0.4 is 15.4 Å². The topological polar surface area (TPSA) is 72.0 Å². The van der Waals surface area contributed by atoms with Crippen molar-refractivity contribution in [2.24, 2.45) is 4.99 Å². The number of guanidine groups is 1. The van der Waals surface area contributed by atoms with Gasteiger partial charge in [-0.3, -0.25) is 9.79 Å². The summed E-state index contributed by atoms with van der Waals surface area (Å²) in [5.74, 6) is 1.65. The molecule has 0 aliphatic heterocycles. The van der Waals surface area contributed by atoms with E-state index in [2.05, 4.69) is 34.7 Å². The second-order valence-corrected chi connectivity index (χ2v) is 6.46. The van der Waals surface area contributed by atoms with Crippen LogP contribution in [0.1, 0.15) is 50.2 Å². The Labute approximate surface area is 163 Å². The molecule has 0 unspecified atom stereocenters. The van der Waals surface area contributed by atoms with Crippen molar-refractivity contribution in [3.63, 3.8) is 0 Å². The minimum absolute atomic E-state index is 0.0922. The van der Waals surface area contributed by atoms with Crippen molar-refractivity contribution in [2.75, 3.05) is 33.9 Å². The largest absolute Gasteiger partial charge is 0.496 e. The van der Waals surface area contributed by atoms with Crippen LogP contribution in [-0.4, -0.2) is 45.8 Å². The highest BCUT2D eigenvalue weighted by atomic mass is 16.5. The lowest BCUT2D eigenvalue weighted by Crippen LogP contribution is -2.38. The molecule has 0 amide bonds. The fraction of sp³-hybridized carbons (Fsp3) is 0.619. The maximum Gasteiger partial charge on any atom is 0.305 e. The minimum Gasteiger partial charge on any atom is -0.496 e. The first-order chi connectivity index (χ1) is 13.1. The smallest absolute Gasteiger partial charge is 0.305 e. The standard InChI is InChI=1S/C21H35N3O3/c1-5-27-20(25)10-8-6-7-9-14-23-21(22-3)24-15-13-18-16-17(2)11-12-19(18)26-4/h11-12,16H,5-10,13-15H2,1-4H3,(H2,22,23,24). The maximum absolute atomic E-state index is 11.3. The van der Waals surface area contributed by atoms with Crippen LogP contribution in [0.4, 0.5) is 0 Å². The van der Waals surface area contributed by atoms with E-state index >= 15 is 0 Å². The van der Waals surface area contributed by atoms with Gasteiger partial charge in [0.25, 0.3) is 0 Å². The predicted octanol–water partition coefficient (Wildman–Crippen LogP) is 3.22. The summed E-state index contributed by atoms with van der Waals surface area (Å²) in [5, 5.41) is 6.67. The van der Waals surface area contributed by atoms with Gasteiger partial charge in [-0.2, -0.15) is 0 Å². The number of hydrogen-bond donors (Lipinski definition) is 2. The first-order valence-corrected chi connectivity index (χ1v) is 9.84. The van der Waals surface area contributed by atoms with Crippen molar-refractivity contribution in [2.45, 2.75) is 52.4 Å². The van der Waals surface area contributed by atoms with Gasteiger partial charge in [0.05, 0.1) is 13.7 Å². The molecule has 2 N–H and O–H groups in total. The van der Waals surface area contributed by atoms with E-state index < -0.39 is 0 Å². The number of benzene rings is 1. The molecule has 0 heterocycles. The fourth-order valence-corrected chi connectivity index (χ4v) is 2.83. The van der Waals surface area contributed by atoms with Crippen molar-refractivity contribution in [1.29, 1.82) is 0 Å². The van der Waals surface area contributed by atoms with Crippen LogP contribution in [0.5, 0.6) is 5.75 Å². The summed E-state index contributed by atoms with van der Waals surface area (Å²) in [6.45, 7) is 6.04. The van der Waals surface area contributed by atoms with Crippen molar-refractivity contribution in [1.82, 2.24) is 10.6 Å². The van der Waals surface area contributed by atoms with Crippen LogP contribution in [0.3, 0.4) is 0 Å². The van der Waals surface area contributed by atoms with Crippen LogP contribution in [0, 0.1) is 6.92 Å². The Bertz CT molecular complexity index is 588. The van der Waals surface area contributed by atoms with Crippen molar-refractivity contribution in [3.8, 4) is 5.75 Å². The van der Waals surface area contributed by atoms with Crippen LogP contribution in [0.2, 0.25) is 0 Å². The molecule has 0 saturated heterocycles. The molecule has 0 spiro atoms. The molecule has 0 atom stereocenters. The van der Waals surface area contributed by atoms with Crippen molar-refractivity contribution >= 4 is 11.9 Å². The maximum atomic E-state index is 11.3. The Morgan fingerprint density at radius 2 is 1.85 bits per heavy atom. The van der Waals surface area contributed by atoms with Crippen molar-refractivity contribution < 1.29 is 14.3 Å². The molecule has 0 aliphatic rings. The molecule has 1 aromatic carbocycles. The SMILES string of the molecule is CCOC(=O)CCCCCCNC(=NC)NCCc1cc(C)ccc1OC. The number of aliphatic imine (C=N–C) groups is 1. The van der Waals surface area contributed by atoms with E-state index in [0.29, 0.717) is 13.0 Å². The molecular formula is C21H35N3O3. The van der Waals surface area contributed by atoms with E-state index in [0.717, 1.165) is 56.9 Å². The molecular weight excluding hydrogens is 342 g/mol. The highest BCUT2D eigenvalue weighted by Crippen LogP contribution is 2.19. The fourth-order valence-electron chi connectivity index (χ4n) is 2.83. The molecule has 27 heavy (non-hydrogen) atoms. The number of methoxy groups -OCH3 is 1. The molecule has 6 heteroatoms. The number of carbonyl (C=O) groups is 1. The third-order valence-electron chi connectivity index (χ3n) is 4.25. The minimum atomic E-state index is -0.0922. The normalized spacial score (nSPS) is 11.2. The van der Waals surface area contributed by atoms with E-state index in [1.54, 1.807) is 14.2 Å². The van der Waals surface area contributed by atoms with Crippen LogP contribution >= 0.6 is 0 Å². The highest BCUT2D eigenvalue weighted by molar-refractivity contribution is 5.79. The van der Waals surface area contributed by atoms with E-state index in [4.69, 9.17) is 9.47 Å². The molecule has 0 radical (unpaired) electrons. The number of rotatable bonds is 12. The number of carbonyl (C=O) groups excluding carboxylic acids is 1. The van der Waals surface area contributed by atoms with Gasteiger partial charge in [-0.1, -0.05) is 30.5 Å². The molecule has 1 rings (SSSR count). The van der Waals surface area contributed by atoms with E-state index in [9.17, 15) is 4.79 Å². The first kappa shape index (κ1) is 22.8. The van der Waals surface area contributed by atoms with Gasteiger partial charge in [-0.25, -0.2) is 0 Å². The zero-order valence-corrected chi connectivity index (χ0v) is 17.3. The van der Waals surface area contributed by atoms with Gasteiger partial charge in [-0.15, -0.1) is 0 Å². The lowest BCUT2D eigenvalue weighted by molar-refractivity contribution is -0.143. The number of nitrogens with zero attached hydrogens (tertiary/aromatic N) is 1. The monoisotopic (exact) mass is 377 g/mol. The second kappa shape index (κ2) is 13.9. The summed E-state index contributed by atoms with van der Waals surface area (Å²) < 4.78 is 10.3. The number of nitrogens with one attached hydrogen (secondary N) is 2. The quantitative estimate of drug-likeness (QED) is 0.253. The van der Waals surface area contributed by atoms with Gasteiger partial charge in [0.2, 0.25) is 0 Å². The molecule has 1 aromatic rings.